The van der Waals surface area contributed by atoms with E-state index in [1.807, 2.05) is 7.05 Å². The van der Waals surface area contributed by atoms with Crippen molar-refractivity contribution < 1.29 is 0 Å². The van der Waals surface area contributed by atoms with E-state index in [0.717, 1.165) is 25.0 Å². The molecule has 92 valence electrons. The summed E-state index contributed by atoms with van der Waals surface area (Å²) in [6.07, 6.45) is 8.23. The number of hydrogen-bond donors (Lipinski definition) is 2. The van der Waals surface area contributed by atoms with E-state index in [1.165, 1.54) is 38.5 Å². The number of guanidine groups is 1. The average Bonchev–Trinajstić information content (AvgIpc) is 3.16. The van der Waals surface area contributed by atoms with Gasteiger partial charge in [0.05, 0.1) is 0 Å². The molecular formula is C13H25N3. The van der Waals surface area contributed by atoms with Crippen molar-refractivity contribution in [2.24, 2.45) is 16.3 Å². The first kappa shape index (κ1) is 11.7. The smallest absolute Gasteiger partial charge is 0.190 e. The Hall–Kier alpha value is -0.730. The molecule has 0 amide bonds. The largest absolute Gasteiger partial charge is 0.356 e. The minimum absolute atomic E-state index is 0.655. The monoisotopic (exact) mass is 223 g/mol. The summed E-state index contributed by atoms with van der Waals surface area (Å²) in [7, 11) is 1.86. The van der Waals surface area contributed by atoms with Crippen LogP contribution in [0.5, 0.6) is 0 Å². The van der Waals surface area contributed by atoms with Crippen molar-refractivity contribution in [2.45, 2.75) is 45.4 Å². The van der Waals surface area contributed by atoms with E-state index in [0.29, 0.717) is 5.41 Å². The molecule has 16 heavy (non-hydrogen) atoms. The molecule has 0 radical (unpaired) electrons. The maximum absolute atomic E-state index is 4.26. The van der Waals surface area contributed by atoms with Crippen molar-refractivity contribution in [1.82, 2.24) is 10.6 Å². The van der Waals surface area contributed by atoms with Gasteiger partial charge in [-0.3, -0.25) is 4.99 Å². The summed E-state index contributed by atoms with van der Waals surface area (Å²) in [5.41, 5.74) is 0.655. The topological polar surface area (TPSA) is 36.4 Å². The van der Waals surface area contributed by atoms with E-state index in [1.54, 1.807) is 0 Å². The predicted molar refractivity (Wildman–Crippen MR) is 68.7 cm³/mol. The fraction of sp³-hybridized carbons (Fsp3) is 0.923. The van der Waals surface area contributed by atoms with Crippen molar-refractivity contribution in [3.8, 4) is 0 Å². The molecule has 2 aliphatic rings. The highest BCUT2D eigenvalue weighted by atomic mass is 15.2. The van der Waals surface area contributed by atoms with E-state index in [2.05, 4.69) is 22.5 Å². The SMILES string of the molecule is CCCCNC(=NC)NCC1(C2CC2)CC1. The fourth-order valence-electron chi connectivity index (χ4n) is 2.45. The Morgan fingerprint density at radius 2 is 2.06 bits per heavy atom. The molecule has 0 aromatic rings. The molecule has 0 spiro atoms. The van der Waals surface area contributed by atoms with Gasteiger partial charge >= 0.3 is 0 Å². The summed E-state index contributed by atoms with van der Waals surface area (Å²) in [6.45, 7) is 4.38. The van der Waals surface area contributed by atoms with Gasteiger partial charge < -0.3 is 10.6 Å². The van der Waals surface area contributed by atoms with Crippen molar-refractivity contribution >= 4 is 5.96 Å². The summed E-state index contributed by atoms with van der Waals surface area (Å²) in [5.74, 6) is 2.01. The van der Waals surface area contributed by atoms with Gasteiger partial charge in [0.1, 0.15) is 0 Å². The van der Waals surface area contributed by atoms with Gasteiger partial charge in [-0.15, -0.1) is 0 Å². The molecule has 2 rings (SSSR count). The second-order valence-corrected chi connectivity index (χ2v) is 5.34. The van der Waals surface area contributed by atoms with Gasteiger partial charge in [-0.05, 0) is 43.4 Å². The molecule has 0 aliphatic heterocycles. The highest BCUT2D eigenvalue weighted by molar-refractivity contribution is 5.79. The highest BCUT2D eigenvalue weighted by Gasteiger charge is 2.53. The summed E-state index contributed by atoms with van der Waals surface area (Å²) in [6, 6.07) is 0. The zero-order chi connectivity index (χ0) is 11.4. The molecule has 0 atom stereocenters. The van der Waals surface area contributed by atoms with Crippen LogP contribution in [0.25, 0.3) is 0 Å². The van der Waals surface area contributed by atoms with Gasteiger partial charge in [0.15, 0.2) is 5.96 Å². The number of unbranched alkanes of at least 4 members (excludes halogenated alkanes) is 1. The second kappa shape index (κ2) is 5.07. The van der Waals surface area contributed by atoms with E-state index < -0.39 is 0 Å². The van der Waals surface area contributed by atoms with Crippen LogP contribution in [0, 0.1) is 11.3 Å². The Kier molecular flexibility index (Phi) is 3.72. The van der Waals surface area contributed by atoms with Crippen LogP contribution in [0.15, 0.2) is 4.99 Å². The van der Waals surface area contributed by atoms with E-state index in [-0.39, 0.29) is 0 Å². The fourth-order valence-corrected chi connectivity index (χ4v) is 2.45. The molecule has 2 saturated carbocycles. The number of nitrogens with one attached hydrogen (secondary N) is 2. The first-order valence-electron chi connectivity index (χ1n) is 6.75. The lowest BCUT2D eigenvalue weighted by Gasteiger charge is -2.17. The standard InChI is InChI=1S/C13H25N3/c1-3-4-9-15-12(14-2)16-10-13(7-8-13)11-5-6-11/h11H,3-10H2,1-2H3,(H2,14,15,16). The Labute approximate surface area is 99.1 Å². The average molecular weight is 223 g/mol. The molecular weight excluding hydrogens is 198 g/mol. The van der Waals surface area contributed by atoms with Crippen LogP contribution in [0.4, 0.5) is 0 Å². The zero-order valence-corrected chi connectivity index (χ0v) is 10.7. The van der Waals surface area contributed by atoms with Gasteiger partial charge in [0.25, 0.3) is 0 Å². The Bertz CT molecular complexity index is 252. The summed E-state index contributed by atoms with van der Waals surface area (Å²) < 4.78 is 0. The van der Waals surface area contributed by atoms with Gasteiger partial charge in [0.2, 0.25) is 0 Å². The summed E-state index contributed by atoms with van der Waals surface area (Å²) >= 11 is 0. The summed E-state index contributed by atoms with van der Waals surface area (Å²) in [5, 5.41) is 6.86. The van der Waals surface area contributed by atoms with E-state index in [4.69, 9.17) is 0 Å². The zero-order valence-electron chi connectivity index (χ0n) is 10.7. The first-order valence-corrected chi connectivity index (χ1v) is 6.75. The normalized spacial score (nSPS) is 23.0. The Morgan fingerprint density at radius 1 is 1.31 bits per heavy atom. The highest BCUT2D eigenvalue weighted by Crippen LogP contribution is 2.60. The van der Waals surface area contributed by atoms with Gasteiger partial charge in [0, 0.05) is 20.1 Å². The Balaban J connectivity index is 1.67. The predicted octanol–water partition coefficient (Wildman–Crippen LogP) is 2.14. The third-order valence-corrected chi connectivity index (χ3v) is 3.99. The van der Waals surface area contributed by atoms with Crippen LogP contribution in [0.2, 0.25) is 0 Å². The van der Waals surface area contributed by atoms with Gasteiger partial charge in [-0.1, -0.05) is 13.3 Å². The van der Waals surface area contributed by atoms with Crippen molar-refractivity contribution in [1.29, 1.82) is 0 Å². The van der Waals surface area contributed by atoms with Crippen molar-refractivity contribution in [3.63, 3.8) is 0 Å². The van der Waals surface area contributed by atoms with Gasteiger partial charge in [-0.25, -0.2) is 0 Å². The molecule has 0 bridgehead atoms. The third kappa shape index (κ3) is 2.89. The molecule has 0 saturated heterocycles. The number of aliphatic imine (C=N–C) groups is 1. The van der Waals surface area contributed by atoms with Crippen LogP contribution < -0.4 is 10.6 Å². The molecule has 0 aromatic heterocycles. The van der Waals surface area contributed by atoms with E-state index in [9.17, 15) is 0 Å². The maximum atomic E-state index is 4.26. The van der Waals surface area contributed by atoms with Crippen LogP contribution in [-0.2, 0) is 0 Å². The minimum atomic E-state index is 0.655. The minimum Gasteiger partial charge on any atom is -0.356 e. The third-order valence-electron chi connectivity index (χ3n) is 3.99. The molecule has 0 aromatic carbocycles. The number of hydrogen-bond acceptors (Lipinski definition) is 1. The molecule has 0 heterocycles. The van der Waals surface area contributed by atoms with Crippen LogP contribution >= 0.6 is 0 Å². The molecule has 2 aliphatic carbocycles. The van der Waals surface area contributed by atoms with Crippen LogP contribution in [0.3, 0.4) is 0 Å². The quantitative estimate of drug-likeness (QED) is 0.411. The molecule has 2 N–H and O–H groups in total. The lowest BCUT2D eigenvalue weighted by molar-refractivity contribution is 0.431. The van der Waals surface area contributed by atoms with Gasteiger partial charge in [-0.2, -0.15) is 0 Å². The number of rotatable bonds is 6. The molecule has 3 nitrogen and oxygen atoms in total. The molecule has 3 heteroatoms. The Morgan fingerprint density at radius 3 is 2.56 bits per heavy atom. The lowest BCUT2D eigenvalue weighted by Crippen LogP contribution is -2.41. The first-order chi connectivity index (χ1) is 7.80. The van der Waals surface area contributed by atoms with Crippen molar-refractivity contribution in [3.05, 3.63) is 0 Å². The lowest BCUT2D eigenvalue weighted by atomic mass is 10.0. The summed E-state index contributed by atoms with van der Waals surface area (Å²) in [4.78, 5) is 4.26. The molecule has 2 fully saturated rings. The van der Waals surface area contributed by atoms with Crippen molar-refractivity contribution in [2.75, 3.05) is 20.1 Å². The maximum Gasteiger partial charge on any atom is 0.190 e. The second-order valence-electron chi connectivity index (χ2n) is 5.34. The van der Waals surface area contributed by atoms with Crippen LogP contribution in [-0.4, -0.2) is 26.1 Å². The van der Waals surface area contributed by atoms with Crippen LogP contribution in [0.1, 0.15) is 45.4 Å². The number of nitrogens with zero attached hydrogens (tertiary/aromatic N) is 1. The molecule has 0 unspecified atom stereocenters. The van der Waals surface area contributed by atoms with E-state index >= 15 is 0 Å².